The summed E-state index contributed by atoms with van der Waals surface area (Å²) in [4.78, 5) is 5.87. The summed E-state index contributed by atoms with van der Waals surface area (Å²) in [5.41, 5.74) is 1.95. The molecule has 0 radical (unpaired) electrons. The largest absolute Gasteiger partial charge is 0.387 e. The average Bonchev–Trinajstić information content (AvgIpc) is 2.95. The van der Waals surface area contributed by atoms with Crippen molar-refractivity contribution in [2.45, 2.75) is 33.0 Å². The fourth-order valence-electron chi connectivity index (χ4n) is 2.29. The summed E-state index contributed by atoms with van der Waals surface area (Å²) in [6.07, 6.45) is 1.98. The van der Waals surface area contributed by atoms with Gasteiger partial charge in [-0.3, -0.25) is 9.47 Å². The average molecular weight is 309 g/mol. The number of likely N-dealkylation sites (N-methyl/N-ethyl adjacent to an activating group) is 1. The molecule has 0 aliphatic heterocycles. The maximum absolute atomic E-state index is 12.8. The molecule has 0 unspecified atom stereocenters. The van der Waals surface area contributed by atoms with Gasteiger partial charge in [0, 0.05) is 18.9 Å². The fraction of sp³-hybridized carbons (Fsp3) is 0.438. The third-order valence-corrected chi connectivity index (χ3v) is 3.66. The molecule has 0 amide bonds. The lowest BCUT2D eigenvalue weighted by atomic mass is 10.1. The maximum Gasteiger partial charge on any atom is 0.319 e. The summed E-state index contributed by atoms with van der Waals surface area (Å²) in [5.74, 6) is 0.299. The number of hydrogen-bond donors (Lipinski definition) is 1. The van der Waals surface area contributed by atoms with Crippen LogP contribution in [0, 0.1) is 6.92 Å². The number of nitrogens with zero attached hydrogens (tertiary/aromatic N) is 3. The van der Waals surface area contributed by atoms with E-state index in [0.29, 0.717) is 18.9 Å². The lowest BCUT2D eigenvalue weighted by Crippen LogP contribution is -2.29. The van der Waals surface area contributed by atoms with Gasteiger partial charge in [0.05, 0.1) is 12.6 Å². The Bertz CT molecular complexity index is 583. The Kier molecular flexibility index (Phi) is 5.63. The fourth-order valence-corrected chi connectivity index (χ4v) is 2.29. The topological polar surface area (TPSA) is 41.3 Å². The molecule has 6 heteroatoms. The molecule has 2 aromatic rings. The van der Waals surface area contributed by atoms with E-state index < -0.39 is 12.7 Å². The summed E-state index contributed by atoms with van der Waals surface area (Å²) in [5, 5.41) is 10.3. The van der Waals surface area contributed by atoms with Crippen LogP contribution in [0.5, 0.6) is 0 Å². The first-order chi connectivity index (χ1) is 10.5. The number of imidazole rings is 1. The number of aryl methyl sites for hydroxylation is 1. The second-order valence-corrected chi connectivity index (χ2v) is 5.28. The highest BCUT2D eigenvalue weighted by atomic mass is 19.3. The van der Waals surface area contributed by atoms with Gasteiger partial charge < -0.3 is 5.11 Å². The van der Waals surface area contributed by atoms with E-state index in [9.17, 15) is 13.9 Å². The molecule has 0 aliphatic carbocycles. The number of alkyl halides is 2. The third-order valence-electron chi connectivity index (χ3n) is 3.66. The Morgan fingerprint density at radius 2 is 1.95 bits per heavy atom. The first-order valence-corrected chi connectivity index (χ1v) is 7.28. The molecule has 22 heavy (non-hydrogen) atoms. The highest BCUT2D eigenvalue weighted by Gasteiger charge is 2.17. The number of aliphatic hydroxyl groups is 1. The lowest BCUT2D eigenvalue weighted by Gasteiger charge is -2.24. The Labute approximate surface area is 129 Å². The van der Waals surface area contributed by atoms with E-state index in [-0.39, 0.29) is 6.54 Å². The maximum atomic E-state index is 12.8. The van der Waals surface area contributed by atoms with E-state index in [1.807, 2.05) is 43.0 Å². The molecule has 0 bridgehead atoms. The second kappa shape index (κ2) is 7.47. The number of aromatic nitrogens is 2. The van der Waals surface area contributed by atoms with Gasteiger partial charge in [0.15, 0.2) is 0 Å². The summed E-state index contributed by atoms with van der Waals surface area (Å²) in [7, 11) is 0. The molecule has 0 spiro atoms. The second-order valence-electron chi connectivity index (χ2n) is 5.28. The van der Waals surface area contributed by atoms with Crippen molar-refractivity contribution in [2.75, 3.05) is 13.1 Å². The summed E-state index contributed by atoms with van der Waals surface area (Å²) in [6.45, 7) is 2.60. The molecule has 0 saturated carbocycles. The summed E-state index contributed by atoms with van der Waals surface area (Å²) in [6, 6.07) is 7.65. The number of benzene rings is 1. The van der Waals surface area contributed by atoms with E-state index in [2.05, 4.69) is 4.98 Å². The van der Waals surface area contributed by atoms with Crippen LogP contribution in [0.15, 0.2) is 36.7 Å². The zero-order valence-corrected chi connectivity index (χ0v) is 12.8. The normalized spacial score (nSPS) is 13.0. The lowest BCUT2D eigenvalue weighted by molar-refractivity contribution is 0.0609. The van der Waals surface area contributed by atoms with Crippen molar-refractivity contribution >= 4 is 0 Å². The van der Waals surface area contributed by atoms with Gasteiger partial charge in [0.25, 0.3) is 0 Å². The van der Waals surface area contributed by atoms with Crippen molar-refractivity contribution in [3.63, 3.8) is 0 Å². The van der Waals surface area contributed by atoms with Crippen molar-refractivity contribution in [1.29, 1.82) is 0 Å². The Balaban J connectivity index is 2.02. The van der Waals surface area contributed by atoms with Crippen LogP contribution in [0.4, 0.5) is 8.78 Å². The van der Waals surface area contributed by atoms with Crippen LogP contribution in [0.25, 0.3) is 0 Å². The van der Waals surface area contributed by atoms with Gasteiger partial charge in [-0.15, -0.1) is 0 Å². The summed E-state index contributed by atoms with van der Waals surface area (Å²) >= 11 is 0. The minimum Gasteiger partial charge on any atom is -0.387 e. The number of rotatable bonds is 7. The zero-order chi connectivity index (χ0) is 16.1. The smallest absolute Gasteiger partial charge is 0.319 e. The monoisotopic (exact) mass is 309 g/mol. The molecule has 4 nitrogen and oxygen atoms in total. The van der Waals surface area contributed by atoms with E-state index in [1.54, 1.807) is 0 Å². The molecule has 0 aliphatic rings. The SMILES string of the molecule is CCN(Cc1nccn1C(F)F)C[C@H](O)c1ccc(C)cc1. The number of halogens is 2. The van der Waals surface area contributed by atoms with Crippen LogP contribution in [0.2, 0.25) is 0 Å². The van der Waals surface area contributed by atoms with E-state index in [1.165, 1.54) is 12.4 Å². The van der Waals surface area contributed by atoms with Gasteiger partial charge in [-0.2, -0.15) is 8.78 Å². The van der Waals surface area contributed by atoms with Crippen LogP contribution in [0.3, 0.4) is 0 Å². The first kappa shape index (κ1) is 16.6. The predicted molar refractivity (Wildman–Crippen MR) is 80.6 cm³/mol. The van der Waals surface area contributed by atoms with Gasteiger partial charge in [-0.1, -0.05) is 36.8 Å². The molecule has 2 rings (SSSR count). The quantitative estimate of drug-likeness (QED) is 0.854. The molecule has 1 aromatic carbocycles. The van der Waals surface area contributed by atoms with Crippen LogP contribution in [-0.2, 0) is 6.54 Å². The minimum absolute atomic E-state index is 0.275. The minimum atomic E-state index is -2.60. The highest BCUT2D eigenvalue weighted by molar-refractivity contribution is 5.23. The molecular weight excluding hydrogens is 288 g/mol. The van der Waals surface area contributed by atoms with E-state index in [0.717, 1.165) is 15.7 Å². The Morgan fingerprint density at radius 1 is 1.27 bits per heavy atom. The molecular formula is C16H21F2N3O. The van der Waals surface area contributed by atoms with Crippen LogP contribution >= 0.6 is 0 Å². The van der Waals surface area contributed by atoms with Gasteiger partial charge >= 0.3 is 6.55 Å². The van der Waals surface area contributed by atoms with E-state index in [4.69, 9.17) is 0 Å². The van der Waals surface area contributed by atoms with Crippen molar-refractivity contribution in [3.05, 3.63) is 53.6 Å². The van der Waals surface area contributed by atoms with Crippen molar-refractivity contribution in [1.82, 2.24) is 14.5 Å². The van der Waals surface area contributed by atoms with Gasteiger partial charge in [0.1, 0.15) is 5.82 Å². The third kappa shape index (κ3) is 4.11. The predicted octanol–water partition coefficient (Wildman–Crippen LogP) is 3.14. The number of aliphatic hydroxyl groups excluding tert-OH is 1. The molecule has 0 saturated heterocycles. The Morgan fingerprint density at radius 3 is 2.55 bits per heavy atom. The van der Waals surface area contributed by atoms with Gasteiger partial charge in [0.2, 0.25) is 0 Å². The molecule has 1 aromatic heterocycles. The molecule has 1 atom stereocenters. The standard InChI is InChI=1S/C16H21F2N3O/c1-3-20(11-15-19-8-9-21(15)16(17)18)10-14(22)13-6-4-12(2)5-7-13/h4-9,14,16,22H,3,10-11H2,1-2H3/t14-/m0/s1. The Hall–Kier alpha value is -1.79. The van der Waals surface area contributed by atoms with Gasteiger partial charge in [-0.05, 0) is 19.0 Å². The molecule has 1 N–H and O–H groups in total. The van der Waals surface area contributed by atoms with Crippen molar-refractivity contribution in [3.8, 4) is 0 Å². The van der Waals surface area contributed by atoms with E-state index >= 15 is 0 Å². The molecule has 1 heterocycles. The van der Waals surface area contributed by atoms with Crippen LogP contribution in [-0.4, -0.2) is 32.6 Å². The number of hydrogen-bond acceptors (Lipinski definition) is 3. The van der Waals surface area contributed by atoms with Gasteiger partial charge in [-0.25, -0.2) is 4.98 Å². The molecule has 120 valence electrons. The summed E-state index contributed by atoms with van der Waals surface area (Å²) < 4.78 is 26.5. The van der Waals surface area contributed by atoms with Crippen molar-refractivity contribution < 1.29 is 13.9 Å². The zero-order valence-electron chi connectivity index (χ0n) is 12.8. The highest BCUT2D eigenvalue weighted by Crippen LogP contribution is 2.18. The first-order valence-electron chi connectivity index (χ1n) is 7.28. The molecule has 0 fully saturated rings. The van der Waals surface area contributed by atoms with Crippen LogP contribution in [0.1, 0.15) is 36.5 Å². The van der Waals surface area contributed by atoms with Crippen LogP contribution < -0.4 is 0 Å². The van der Waals surface area contributed by atoms with Crippen molar-refractivity contribution in [2.24, 2.45) is 0 Å².